The summed E-state index contributed by atoms with van der Waals surface area (Å²) in [6.45, 7) is 2.07. The quantitative estimate of drug-likeness (QED) is 0.450. The lowest BCUT2D eigenvalue weighted by Crippen LogP contribution is -2.39. The summed E-state index contributed by atoms with van der Waals surface area (Å²) in [6, 6.07) is 17.4. The number of hydrogen-bond donors (Lipinski definition) is 1. The largest absolute Gasteiger partial charge is 0.495 e. The highest BCUT2D eigenvalue weighted by Gasteiger charge is 2.33. The number of fused-ring (bicyclic) bond motifs is 2. The lowest BCUT2D eigenvalue weighted by Gasteiger charge is -2.25. The lowest BCUT2D eigenvalue weighted by atomic mass is 10.1. The number of carbonyl (C=O) groups excluding carboxylic acids is 1. The normalized spacial score (nSPS) is 15.4. The average Bonchev–Trinajstić information content (AvgIpc) is 3.23. The molecule has 3 aromatic rings. The smallest absolute Gasteiger partial charge is 0.416 e. The zero-order chi connectivity index (χ0) is 26.0. The lowest BCUT2D eigenvalue weighted by molar-refractivity contribution is -0.137. The van der Waals surface area contributed by atoms with E-state index in [1.165, 1.54) is 6.07 Å². The molecule has 0 aromatic heterocycles. The number of carbonyl (C=O) groups is 1. The minimum absolute atomic E-state index is 0.0462. The average molecular weight is 511 g/mol. The predicted molar refractivity (Wildman–Crippen MR) is 134 cm³/mol. The molecule has 0 radical (unpaired) electrons. The van der Waals surface area contributed by atoms with Gasteiger partial charge in [-0.05, 0) is 48.9 Å². The zero-order valence-corrected chi connectivity index (χ0v) is 20.1. The van der Waals surface area contributed by atoms with Gasteiger partial charge in [-0.25, -0.2) is 9.79 Å². The number of amides is 2. The molecule has 1 N–H and O–H groups in total. The van der Waals surface area contributed by atoms with E-state index >= 15 is 0 Å². The highest BCUT2D eigenvalue weighted by atomic mass is 19.4. The fourth-order valence-corrected chi connectivity index (χ4v) is 4.41. The van der Waals surface area contributed by atoms with Crippen molar-refractivity contribution in [3.63, 3.8) is 0 Å². The van der Waals surface area contributed by atoms with Crippen LogP contribution in [0.1, 0.15) is 17.5 Å². The number of anilines is 1. The number of halogens is 3. The highest BCUT2D eigenvalue weighted by molar-refractivity contribution is 6.03. The number of aliphatic imine (C=N–C) groups is 1. The van der Waals surface area contributed by atoms with E-state index in [1.807, 2.05) is 29.2 Å². The maximum absolute atomic E-state index is 13.3. The van der Waals surface area contributed by atoms with Crippen molar-refractivity contribution in [2.75, 3.05) is 38.6 Å². The molecule has 3 aromatic carbocycles. The fourth-order valence-electron chi connectivity index (χ4n) is 4.41. The van der Waals surface area contributed by atoms with Crippen LogP contribution in [0, 0.1) is 0 Å². The van der Waals surface area contributed by atoms with Crippen LogP contribution >= 0.6 is 0 Å². The second kappa shape index (κ2) is 10.0. The summed E-state index contributed by atoms with van der Waals surface area (Å²) in [6.07, 6.45) is -3.81. The van der Waals surface area contributed by atoms with Gasteiger partial charge in [-0.1, -0.05) is 24.3 Å². The Morgan fingerprint density at radius 3 is 2.57 bits per heavy atom. The predicted octanol–water partition coefficient (Wildman–Crippen LogP) is 6.14. The van der Waals surface area contributed by atoms with Crippen molar-refractivity contribution in [2.45, 2.75) is 12.6 Å². The second-order valence-electron chi connectivity index (χ2n) is 8.67. The molecule has 0 spiro atoms. The van der Waals surface area contributed by atoms with Crippen LogP contribution in [-0.4, -0.2) is 55.0 Å². The number of hydrogen-bond acceptors (Lipinski definition) is 5. The number of nitrogens with one attached hydrogen (secondary N) is 1. The van der Waals surface area contributed by atoms with Crippen LogP contribution in [0.25, 0.3) is 0 Å². The molecule has 7 nitrogen and oxygen atoms in total. The molecule has 0 bridgehead atoms. The highest BCUT2D eigenvalue weighted by Crippen LogP contribution is 2.42. The Bertz CT molecular complexity index is 1340. The zero-order valence-electron chi connectivity index (χ0n) is 20.1. The Kier molecular flexibility index (Phi) is 6.64. The molecule has 2 aliphatic heterocycles. The van der Waals surface area contributed by atoms with Gasteiger partial charge >= 0.3 is 12.2 Å². The monoisotopic (exact) mass is 510 g/mol. The molecule has 0 aliphatic carbocycles. The Morgan fingerprint density at radius 1 is 0.973 bits per heavy atom. The van der Waals surface area contributed by atoms with E-state index < -0.39 is 11.7 Å². The number of alkyl halides is 3. The van der Waals surface area contributed by atoms with Gasteiger partial charge in [-0.3, -0.25) is 0 Å². The Labute approximate surface area is 212 Å². The molecule has 0 unspecified atom stereocenters. The van der Waals surface area contributed by atoms with Crippen LogP contribution in [0.3, 0.4) is 0 Å². The first-order valence-corrected chi connectivity index (χ1v) is 11.8. The van der Waals surface area contributed by atoms with Crippen LogP contribution in [0.4, 0.5) is 29.3 Å². The molecule has 2 aliphatic rings. The van der Waals surface area contributed by atoms with Crippen molar-refractivity contribution < 1.29 is 27.4 Å². The molecule has 2 amide bonds. The molecular formula is C27H25F3N4O3. The molecule has 1 saturated heterocycles. The number of benzene rings is 3. The van der Waals surface area contributed by atoms with Gasteiger partial charge in [-0.2, -0.15) is 13.2 Å². The number of amidine groups is 1. The molecule has 10 heteroatoms. The van der Waals surface area contributed by atoms with Crippen molar-refractivity contribution in [1.29, 1.82) is 0 Å². The molecule has 37 heavy (non-hydrogen) atoms. The SMILES string of the molecule is COc1ccccc1NC(=O)N1CCCN(C2=Nc3ccc(C(F)(F)F)cc3Oc3ccccc32)CC1. The number of urea groups is 1. The van der Waals surface area contributed by atoms with Crippen LogP contribution in [0.2, 0.25) is 0 Å². The summed E-state index contributed by atoms with van der Waals surface area (Å²) in [4.78, 5) is 21.5. The van der Waals surface area contributed by atoms with Gasteiger partial charge in [-0.15, -0.1) is 0 Å². The molecule has 5 rings (SSSR count). The maximum Gasteiger partial charge on any atom is 0.416 e. The molecule has 1 fully saturated rings. The van der Waals surface area contributed by atoms with E-state index in [0.29, 0.717) is 66.9 Å². The van der Waals surface area contributed by atoms with Crippen LogP contribution in [0.5, 0.6) is 17.2 Å². The van der Waals surface area contributed by atoms with Gasteiger partial charge in [0.25, 0.3) is 0 Å². The van der Waals surface area contributed by atoms with E-state index in [4.69, 9.17) is 14.5 Å². The number of ether oxygens (including phenoxy) is 2. The molecular weight excluding hydrogens is 485 g/mol. The summed E-state index contributed by atoms with van der Waals surface area (Å²) in [5.41, 5.74) is 0.785. The van der Waals surface area contributed by atoms with Crippen LogP contribution < -0.4 is 14.8 Å². The van der Waals surface area contributed by atoms with Gasteiger partial charge in [0.15, 0.2) is 5.75 Å². The van der Waals surface area contributed by atoms with Crippen LogP contribution in [0.15, 0.2) is 71.7 Å². The van der Waals surface area contributed by atoms with Crippen molar-refractivity contribution in [3.05, 3.63) is 77.9 Å². The number of nitrogens with zero attached hydrogens (tertiary/aromatic N) is 3. The first-order valence-electron chi connectivity index (χ1n) is 11.8. The summed E-state index contributed by atoms with van der Waals surface area (Å²) < 4.78 is 51.2. The standard InChI is InChI=1S/C27H25F3N4O3/c1-36-23-10-5-3-8-20(23)32-26(35)34-14-6-13-33(15-16-34)25-19-7-2-4-9-22(19)37-24-17-18(27(28,29)30)11-12-21(24)31-25/h2-5,7-12,17H,6,13-16H2,1H3,(H,32,35). The Balaban J connectivity index is 1.39. The number of methoxy groups -OCH3 is 1. The third-order valence-electron chi connectivity index (χ3n) is 6.29. The second-order valence-corrected chi connectivity index (χ2v) is 8.67. The topological polar surface area (TPSA) is 66.4 Å². The minimum Gasteiger partial charge on any atom is -0.495 e. The fraction of sp³-hybridized carbons (Fsp3) is 0.259. The van der Waals surface area contributed by atoms with E-state index in [-0.39, 0.29) is 11.8 Å². The molecule has 0 saturated carbocycles. The number of para-hydroxylation sites is 3. The first-order chi connectivity index (χ1) is 17.8. The maximum atomic E-state index is 13.3. The van der Waals surface area contributed by atoms with Crippen molar-refractivity contribution in [1.82, 2.24) is 9.80 Å². The summed E-state index contributed by atoms with van der Waals surface area (Å²) in [5, 5.41) is 2.91. The van der Waals surface area contributed by atoms with Gasteiger partial charge in [0.2, 0.25) is 0 Å². The van der Waals surface area contributed by atoms with Crippen LogP contribution in [-0.2, 0) is 6.18 Å². The Hall–Kier alpha value is -4.21. The van der Waals surface area contributed by atoms with E-state index in [0.717, 1.165) is 12.1 Å². The summed E-state index contributed by atoms with van der Waals surface area (Å²) in [5.74, 6) is 1.64. The summed E-state index contributed by atoms with van der Waals surface area (Å²) >= 11 is 0. The van der Waals surface area contributed by atoms with E-state index in [2.05, 4.69) is 5.32 Å². The van der Waals surface area contributed by atoms with Gasteiger partial charge in [0.1, 0.15) is 23.0 Å². The van der Waals surface area contributed by atoms with Crippen molar-refractivity contribution in [3.8, 4) is 17.2 Å². The van der Waals surface area contributed by atoms with E-state index in [1.54, 1.807) is 36.3 Å². The van der Waals surface area contributed by atoms with Crippen molar-refractivity contribution in [2.24, 2.45) is 4.99 Å². The molecule has 2 heterocycles. The third-order valence-corrected chi connectivity index (χ3v) is 6.29. The minimum atomic E-state index is -4.49. The third kappa shape index (κ3) is 5.18. The molecule has 192 valence electrons. The summed E-state index contributed by atoms with van der Waals surface area (Å²) in [7, 11) is 1.55. The first kappa shape index (κ1) is 24.5. The van der Waals surface area contributed by atoms with Gasteiger partial charge < -0.3 is 24.6 Å². The van der Waals surface area contributed by atoms with Crippen molar-refractivity contribution >= 4 is 23.2 Å². The Morgan fingerprint density at radius 2 is 1.76 bits per heavy atom. The van der Waals surface area contributed by atoms with Gasteiger partial charge in [0.05, 0.1) is 23.9 Å². The van der Waals surface area contributed by atoms with Gasteiger partial charge in [0, 0.05) is 26.2 Å². The number of rotatable bonds is 2. The molecule has 0 atom stereocenters. The van der Waals surface area contributed by atoms with E-state index in [9.17, 15) is 18.0 Å².